The fourth-order valence-corrected chi connectivity index (χ4v) is 1.04. The maximum atomic E-state index is 12.8. The van der Waals surface area contributed by atoms with Crippen LogP contribution in [0.1, 0.15) is 5.56 Å². The second-order valence-corrected chi connectivity index (χ2v) is 2.66. The predicted octanol–water partition coefficient (Wildman–Crippen LogP) is 2.36. The molecule has 12 heavy (non-hydrogen) atoms. The van der Waals surface area contributed by atoms with Crippen molar-refractivity contribution < 1.29 is 13.6 Å². The van der Waals surface area contributed by atoms with E-state index in [4.69, 9.17) is 11.6 Å². The van der Waals surface area contributed by atoms with Crippen LogP contribution in [0.2, 0.25) is 5.02 Å². The summed E-state index contributed by atoms with van der Waals surface area (Å²) in [4.78, 5) is 10.00. The summed E-state index contributed by atoms with van der Waals surface area (Å²) in [6.07, 6.45) is 0.171. The van der Waals surface area contributed by atoms with Gasteiger partial charge >= 0.3 is 0 Å². The summed E-state index contributed by atoms with van der Waals surface area (Å²) in [5, 5.41) is -0.0142. The molecule has 0 saturated heterocycles. The highest BCUT2D eigenvalue weighted by molar-refractivity contribution is 6.30. The van der Waals surface area contributed by atoms with Crippen LogP contribution in [-0.2, 0) is 11.2 Å². The normalized spacial score (nSPS) is 9.92. The maximum absolute atomic E-state index is 12.8. The van der Waals surface area contributed by atoms with Crippen molar-refractivity contribution in [2.75, 3.05) is 0 Å². The number of benzene rings is 1. The third kappa shape index (κ3) is 1.80. The smallest absolute Gasteiger partial charge is 0.131 e. The van der Waals surface area contributed by atoms with Crippen molar-refractivity contribution in [3.63, 3.8) is 0 Å². The Labute approximate surface area is 73.0 Å². The lowest BCUT2D eigenvalue weighted by atomic mass is 10.1. The Morgan fingerprint density at radius 1 is 1.33 bits per heavy atom. The summed E-state index contributed by atoms with van der Waals surface area (Å²) < 4.78 is 25.6. The Balaban J connectivity index is 3.18. The van der Waals surface area contributed by atoms with Crippen LogP contribution in [0.3, 0.4) is 0 Å². The van der Waals surface area contributed by atoms with E-state index in [0.29, 0.717) is 6.29 Å². The van der Waals surface area contributed by atoms with E-state index in [9.17, 15) is 13.6 Å². The molecule has 0 heterocycles. The molecule has 1 aromatic rings. The van der Waals surface area contributed by atoms with Crippen molar-refractivity contribution in [2.45, 2.75) is 6.42 Å². The van der Waals surface area contributed by atoms with Gasteiger partial charge in [-0.05, 0) is 12.1 Å². The van der Waals surface area contributed by atoms with Gasteiger partial charge in [-0.2, -0.15) is 0 Å². The molecule has 1 aromatic carbocycles. The van der Waals surface area contributed by atoms with E-state index in [1.54, 1.807) is 0 Å². The molecule has 0 aliphatic rings. The highest BCUT2D eigenvalue weighted by Crippen LogP contribution is 2.18. The molecule has 1 rings (SSSR count). The molecular formula is C8H5ClF2O. The first kappa shape index (κ1) is 9.13. The number of hydrogen-bond acceptors (Lipinski definition) is 1. The maximum Gasteiger partial charge on any atom is 0.131 e. The molecule has 0 saturated carbocycles. The van der Waals surface area contributed by atoms with Gasteiger partial charge in [-0.1, -0.05) is 11.6 Å². The number of rotatable bonds is 2. The molecule has 0 radical (unpaired) electrons. The Bertz CT molecular complexity index is 289. The lowest BCUT2D eigenvalue weighted by Gasteiger charge is -2.00. The van der Waals surface area contributed by atoms with Crippen LogP contribution in [-0.4, -0.2) is 6.29 Å². The molecule has 0 amide bonds. The fourth-order valence-electron chi connectivity index (χ4n) is 0.850. The van der Waals surface area contributed by atoms with E-state index in [2.05, 4.69) is 0 Å². The molecule has 0 atom stereocenters. The molecule has 0 aromatic heterocycles. The summed E-state index contributed by atoms with van der Waals surface area (Å²) in [5.41, 5.74) is -0.241. The third-order valence-corrected chi connectivity index (χ3v) is 1.61. The highest BCUT2D eigenvalue weighted by Gasteiger charge is 2.09. The standard InChI is InChI=1S/C8H5ClF2O/c9-5-3-7(10)6(1-2-12)8(11)4-5/h2-4H,1H2. The highest BCUT2D eigenvalue weighted by atomic mass is 35.5. The first-order valence-electron chi connectivity index (χ1n) is 3.22. The third-order valence-electron chi connectivity index (χ3n) is 1.39. The number of halogens is 3. The second kappa shape index (κ2) is 3.63. The number of carbonyl (C=O) groups is 1. The monoisotopic (exact) mass is 190 g/mol. The van der Waals surface area contributed by atoms with E-state index in [1.807, 2.05) is 0 Å². The van der Waals surface area contributed by atoms with Crippen LogP contribution in [0.15, 0.2) is 12.1 Å². The van der Waals surface area contributed by atoms with E-state index < -0.39 is 11.6 Å². The van der Waals surface area contributed by atoms with Gasteiger partial charge in [-0.15, -0.1) is 0 Å². The van der Waals surface area contributed by atoms with Crippen molar-refractivity contribution in [1.29, 1.82) is 0 Å². The number of aldehydes is 1. The van der Waals surface area contributed by atoms with Gasteiger partial charge in [-0.3, -0.25) is 0 Å². The molecular weight excluding hydrogens is 186 g/mol. The lowest BCUT2D eigenvalue weighted by Crippen LogP contribution is -1.96. The predicted molar refractivity (Wildman–Crippen MR) is 41.1 cm³/mol. The van der Waals surface area contributed by atoms with Crippen LogP contribution >= 0.6 is 11.6 Å². The first-order chi connectivity index (χ1) is 5.65. The van der Waals surface area contributed by atoms with E-state index in [0.717, 1.165) is 12.1 Å². The minimum absolute atomic E-state index is 0.0142. The molecule has 0 aliphatic carbocycles. The lowest BCUT2D eigenvalue weighted by molar-refractivity contribution is -0.107. The molecule has 0 spiro atoms. The van der Waals surface area contributed by atoms with E-state index in [-0.39, 0.29) is 17.0 Å². The van der Waals surface area contributed by atoms with Crippen LogP contribution in [0.5, 0.6) is 0 Å². The Kier molecular flexibility index (Phi) is 2.76. The van der Waals surface area contributed by atoms with Crippen LogP contribution in [0, 0.1) is 11.6 Å². The summed E-state index contributed by atoms with van der Waals surface area (Å²) in [6.45, 7) is 0. The van der Waals surface area contributed by atoms with Crippen LogP contribution in [0.25, 0.3) is 0 Å². The SMILES string of the molecule is O=CCc1c(F)cc(Cl)cc1F. The second-order valence-electron chi connectivity index (χ2n) is 2.22. The molecule has 0 unspecified atom stereocenters. The molecule has 0 fully saturated rings. The van der Waals surface area contributed by atoms with Crippen molar-refractivity contribution in [2.24, 2.45) is 0 Å². The Hall–Kier alpha value is -0.960. The van der Waals surface area contributed by atoms with E-state index in [1.165, 1.54) is 0 Å². The first-order valence-corrected chi connectivity index (χ1v) is 3.60. The molecule has 64 valence electrons. The van der Waals surface area contributed by atoms with E-state index >= 15 is 0 Å². The number of carbonyl (C=O) groups excluding carboxylic acids is 1. The molecule has 1 nitrogen and oxygen atoms in total. The van der Waals surface area contributed by atoms with Gasteiger partial charge in [0.1, 0.15) is 17.9 Å². The van der Waals surface area contributed by atoms with Gasteiger partial charge in [0.05, 0.1) is 0 Å². The van der Waals surface area contributed by atoms with Crippen molar-refractivity contribution in [3.05, 3.63) is 34.4 Å². The number of hydrogen-bond donors (Lipinski definition) is 0. The molecule has 0 bridgehead atoms. The fraction of sp³-hybridized carbons (Fsp3) is 0.125. The van der Waals surface area contributed by atoms with Crippen LogP contribution in [0.4, 0.5) is 8.78 Å². The Morgan fingerprint density at radius 3 is 2.25 bits per heavy atom. The molecule has 0 N–H and O–H groups in total. The van der Waals surface area contributed by atoms with Gasteiger partial charge in [0.25, 0.3) is 0 Å². The zero-order valence-corrected chi connectivity index (χ0v) is 6.74. The van der Waals surface area contributed by atoms with Crippen molar-refractivity contribution in [3.8, 4) is 0 Å². The van der Waals surface area contributed by atoms with Gasteiger partial charge in [0.2, 0.25) is 0 Å². The minimum atomic E-state index is -0.785. The van der Waals surface area contributed by atoms with Crippen LogP contribution < -0.4 is 0 Å². The zero-order chi connectivity index (χ0) is 9.14. The zero-order valence-electron chi connectivity index (χ0n) is 5.98. The van der Waals surface area contributed by atoms with Crippen molar-refractivity contribution >= 4 is 17.9 Å². The summed E-state index contributed by atoms with van der Waals surface area (Å²) >= 11 is 5.35. The summed E-state index contributed by atoms with van der Waals surface area (Å²) in [5.74, 6) is -1.57. The quantitative estimate of drug-likeness (QED) is 0.655. The average molecular weight is 191 g/mol. The topological polar surface area (TPSA) is 17.1 Å². The average Bonchev–Trinajstić information content (AvgIpc) is 1.96. The Morgan fingerprint density at radius 2 is 1.83 bits per heavy atom. The van der Waals surface area contributed by atoms with Gasteiger partial charge in [0.15, 0.2) is 0 Å². The van der Waals surface area contributed by atoms with Crippen molar-refractivity contribution in [1.82, 2.24) is 0 Å². The largest absolute Gasteiger partial charge is 0.303 e. The summed E-state index contributed by atoms with van der Waals surface area (Å²) in [6, 6.07) is 1.95. The van der Waals surface area contributed by atoms with Gasteiger partial charge < -0.3 is 4.79 Å². The molecule has 4 heteroatoms. The summed E-state index contributed by atoms with van der Waals surface area (Å²) in [7, 11) is 0. The minimum Gasteiger partial charge on any atom is -0.303 e. The van der Waals surface area contributed by atoms with Gasteiger partial charge in [0, 0.05) is 17.0 Å². The molecule has 0 aliphatic heterocycles. The van der Waals surface area contributed by atoms with Gasteiger partial charge in [-0.25, -0.2) is 8.78 Å².